The second kappa shape index (κ2) is 3.27. The summed E-state index contributed by atoms with van der Waals surface area (Å²) in [6, 6.07) is 2.87. The molecule has 5 nitrogen and oxygen atoms in total. The normalized spacial score (nSPS) is 18.6. The predicted octanol–water partition coefficient (Wildman–Crippen LogP) is 1.20. The van der Waals surface area contributed by atoms with Gasteiger partial charge in [-0.15, -0.1) is 0 Å². The van der Waals surface area contributed by atoms with Crippen LogP contribution < -0.4 is 10.7 Å². The Morgan fingerprint density at radius 2 is 1.93 bits per heavy atom. The van der Waals surface area contributed by atoms with Crippen LogP contribution in [-0.2, 0) is 0 Å². The van der Waals surface area contributed by atoms with Crippen molar-refractivity contribution in [2.45, 2.75) is 11.6 Å². The minimum atomic E-state index is -2.27. The number of halogens is 1. The van der Waals surface area contributed by atoms with E-state index in [9.17, 15) is 10.1 Å². The molecule has 0 saturated carbocycles. The van der Waals surface area contributed by atoms with E-state index in [-0.39, 0.29) is 5.69 Å². The zero-order valence-electron chi connectivity index (χ0n) is 8.10. The quantitative estimate of drug-likeness (QED) is 0.443. The molecule has 1 aliphatic heterocycles. The second-order valence-corrected chi connectivity index (χ2v) is 9.72. The summed E-state index contributed by atoms with van der Waals surface area (Å²) in [6.07, 6.45) is 0. The average molecular weight is 293 g/mol. The molecular formula is C8H8ClN3O2Se. The standard InChI is InChI=1S/C8H8ClN3O2Se/c1-15(2)10-7-5(9)3-4-6(12(13)14)8(7)11-15/h3-4H,1-2H3. The van der Waals surface area contributed by atoms with Crippen LogP contribution in [0.2, 0.25) is 16.7 Å². The van der Waals surface area contributed by atoms with Gasteiger partial charge in [-0.25, -0.2) is 0 Å². The number of nitro groups is 1. The van der Waals surface area contributed by atoms with Gasteiger partial charge in [0, 0.05) is 0 Å². The molecule has 0 saturated heterocycles. The van der Waals surface area contributed by atoms with Crippen molar-refractivity contribution in [3.8, 4) is 0 Å². The molecule has 0 radical (unpaired) electrons. The Balaban J connectivity index is 2.89. The summed E-state index contributed by atoms with van der Waals surface area (Å²) in [5.74, 6) is 3.85. The molecule has 80 valence electrons. The zero-order valence-corrected chi connectivity index (χ0v) is 10.6. The molecular weight excluding hydrogens is 285 g/mol. The van der Waals surface area contributed by atoms with E-state index in [4.69, 9.17) is 11.6 Å². The van der Waals surface area contributed by atoms with E-state index in [1.165, 1.54) is 12.1 Å². The Morgan fingerprint density at radius 3 is 2.53 bits per heavy atom. The molecule has 0 unspecified atom stereocenters. The van der Waals surface area contributed by atoms with E-state index >= 15 is 0 Å². The number of rotatable bonds is 1. The Hall–Kier alpha value is -0.971. The SMILES string of the molecule is C[Se]1(C)N=c2c(Cl)ccc([N+](=O)[O-])c2=N1. The first-order chi connectivity index (χ1) is 6.91. The molecule has 1 aliphatic rings. The van der Waals surface area contributed by atoms with Gasteiger partial charge in [0.1, 0.15) is 0 Å². The number of benzene rings is 1. The molecule has 0 aliphatic carbocycles. The van der Waals surface area contributed by atoms with Gasteiger partial charge in [0.25, 0.3) is 0 Å². The fraction of sp³-hybridized carbons (Fsp3) is 0.250. The Labute approximate surface area is 93.3 Å². The van der Waals surface area contributed by atoms with Crippen molar-refractivity contribution in [1.29, 1.82) is 0 Å². The second-order valence-electron chi connectivity index (χ2n) is 3.42. The van der Waals surface area contributed by atoms with Gasteiger partial charge in [-0.2, -0.15) is 0 Å². The Bertz CT molecular complexity index is 570. The van der Waals surface area contributed by atoms with E-state index < -0.39 is 18.2 Å². The first-order valence-corrected chi connectivity index (χ1v) is 9.40. The molecule has 1 heterocycles. The van der Waals surface area contributed by atoms with Gasteiger partial charge in [-0.1, -0.05) is 0 Å². The fourth-order valence-electron chi connectivity index (χ4n) is 1.34. The number of hydrogen-bond acceptors (Lipinski definition) is 4. The molecule has 0 fully saturated rings. The van der Waals surface area contributed by atoms with E-state index in [1.807, 2.05) is 11.6 Å². The van der Waals surface area contributed by atoms with Crippen LogP contribution in [0.5, 0.6) is 0 Å². The number of non-ortho nitro benzene ring substituents is 1. The van der Waals surface area contributed by atoms with Gasteiger partial charge in [0.05, 0.1) is 0 Å². The molecule has 0 spiro atoms. The van der Waals surface area contributed by atoms with E-state index in [0.29, 0.717) is 15.7 Å². The predicted molar refractivity (Wildman–Crippen MR) is 57.9 cm³/mol. The number of hydrogen-bond donors (Lipinski definition) is 0. The number of nitro benzene ring substituents is 1. The summed E-state index contributed by atoms with van der Waals surface area (Å²) < 4.78 is 8.71. The van der Waals surface area contributed by atoms with Crippen molar-refractivity contribution in [3.63, 3.8) is 0 Å². The van der Waals surface area contributed by atoms with Gasteiger partial charge in [-0.3, -0.25) is 0 Å². The van der Waals surface area contributed by atoms with Crippen molar-refractivity contribution >= 4 is 30.6 Å². The zero-order chi connectivity index (χ0) is 11.2. The summed E-state index contributed by atoms with van der Waals surface area (Å²) in [7, 11) is 0. The number of nitrogens with zero attached hydrogens (tertiary/aromatic N) is 3. The topological polar surface area (TPSA) is 67.9 Å². The van der Waals surface area contributed by atoms with Gasteiger partial charge in [0.2, 0.25) is 0 Å². The van der Waals surface area contributed by atoms with E-state index in [0.717, 1.165) is 0 Å². The van der Waals surface area contributed by atoms with Crippen molar-refractivity contribution in [1.82, 2.24) is 0 Å². The van der Waals surface area contributed by atoms with Gasteiger partial charge in [-0.05, 0) is 0 Å². The van der Waals surface area contributed by atoms with Crippen LogP contribution in [0.3, 0.4) is 0 Å². The molecule has 2 rings (SSSR count). The van der Waals surface area contributed by atoms with Crippen LogP contribution in [0.1, 0.15) is 0 Å². The minimum absolute atomic E-state index is 0.0130. The van der Waals surface area contributed by atoms with Gasteiger partial charge < -0.3 is 0 Å². The van der Waals surface area contributed by atoms with Crippen LogP contribution in [0.4, 0.5) is 5.69 Å². The van der Waals surface area contributed by atoms with Gasteiger partial charge >= 0.3 is 93.1 Å². The van der Waals surface area contributed by atoms with E-state index in [1.54, 1.807) is 0 Å². The van der Waals surface area contributed by atoms with Crippen molar-refractivity contribution in [2.75, 3.05) is 0 Å². The molecule has 7 heteroatoms. The van der Waals surface area contributed by atoms with Crippen molar-refractivity contribution in [2.24, 2.45) is 8.02 Å². The van der Waals surface area contributed by atoms with Crippen molar-refractivity contribution in [3.05, 3.63) is 38.0 Å². The van der Waals surface area contributed by atoms with Crippen LogP contribution in [0.15, 0.2) is 20.2 Å². The first-order valence-electron chi connectivity index (χ1n) is 4.07. The van der Waals surface area contributed by atoms with Crippen LogP contribution in [0.25, 0.3) is 0 Å². The third-order valence-electron chi connectivity index (χ3n) is 1.91. The van der Waals surface area contributed by atoms with Gasteiger partial charge in [0.15, 0.2) is 0 Å². The third-order valence-corrected chi connectivity index (χ3v) is 4.85. The summed E-state index contributed by atoms with van der Waals surface area (Å²) in [5.41, 5.74) is -0.0130. The van der Waals surface area contributed by atoms with E-state index in [2.05, 4.69) is 8.02 Å². The molecule has 0 amide bonds. The van der Waals surface area contributed by atoms with Crippen molar-refractivity contribution < 1.29 is 4.92 Å². The Kier molecular flexibility index (Phi) is 2.30. The maximum atomic E-state index is 10.8. The number of fused-ring (bicyclic) bond motifs is 1. The molecule has 15 heavy (non-hydrogen) atoms. The average Bonchev–Trinajstić information content (AvgIpc) is 2.41. The molecule has 0 aromatic heterocycles. The third kappa shape index (κ3) is 1.76. The van der Waals surface area contributed by atoms with Crippen LogP contribution >= 0.6 is 11.6 Å². The fourth-order valence-corrected chi connectivity index (χ4v) is 4.37. The summed E-state index contributed by atoms with van der Waals surface area (Å²) in [4.78, 5) is 10.3. The maximum absolute atomic E-state index is 10.8. The molecule has 0 N–H and O–H groups in total. The summed E-state index contributed by atoms with van der Waals surface area (Å²) in [5, 5.41) is 12.0. The summed E-state index contributed by atoms with van der Waals surface area (Å²) in [6.45, 7) is 0. The summed E-state index contributed by atoms with van der Waals surface area (Å²) >= 11 is 3.65. The van der Waals surface area contributed by atoms with Crippen LogP contribution in [-0.4, -0.2) is 18.2 Å². The molecule has 1 aromatic carbocycles. The Morgan fingerprint density at radius 1 is 1.33 bits per heavy atom. The molecule has 0 atom stereocenters. The molecule has 1 aromatic rings. The first kappa shape index (κ1) is 10.5. The monoisotopic (exact) mass is 293 g/mol. The van der Waals surface area contributed by atoms with Crippen LogP contribution in [0, 0.1) is 10.1 Å². The molecule has 0 bridgehead atoms.